The van der Waals surface area contributed by atoms with E-state index in [2.05, 4.69) is 20.8 Å². The fraction of sp³-hybridized carbons (Fsp3) is 0.300. The molecule has 1 aliphatic carbocycles. The number of aryl methyl sites for hydroxylation is 1. The second-order valence-electron chi connectivity index (χ2n) is 7.05. The number of nitrogens with zero attached hydrogens (tertiary/aromatic N) is 4. The second kappa shape index (κ2) is 7.31. The number of carbonyl (C=O) groups excluding carboxylic acids is 1. The van der Waals surface area contributed by atoms with Gasteiger partial charge >= 0.3 is 0 Å². The Hall–Kier alpha value is -2.80. The van der Waals surface area contributed by atoms with E-state index in [1.165, 1.54) is 10.7 Å². The maximum atomic E-state index is 14.4. The van der Waals surface area contributed by atoms with E-state index in [9.17, 15) is 9.18 Å². The molecule has 1 amide bonds. The summed E-state index contributed by atoms with van der Waals surface area (Å²) in [5.41, 5.74) is 0.904. The zero-order valence-corrected chi connectivity index (χ0v) is 16.1. The van der Waals surface area contributed by atoms with Gasteiger partial charge in [0.15, 0.2) is 5.82 Å². The molecular formula is C20H19ClFN5O. The highest BCUT2D eigenvalue weighted by Crippen LogP contribution is 2.42. The molecule has 0 atom stereocenters. The fourth-order valence-electron chi connectivity index (χ4n) is 3.85. The summed E-state index contributed by atoms with van der Waals surface area (Å²) in [5.74, 6) is -0.152. The van der Waals surface area contributed by atoms with E-state index in [1.807, 2.05) is 12.1 Å². The molecule has 0 aliphatic heterocycles. The quantitative estimate of drug-likeness (QED) is 0.713. The van der Waals surface area contributed by atoms with Gasteiger partial charge < -0.3 is 5.32 Å². The van der Waals surface area contributed by atoms with Gasteiger partial charge in [0.1, 0.15) is 5.82 Å². The molecule has 144 valence electrons. The van der Waals surface area contributed by atoms with Crippen molar-refractivity contribution in [3.05, 3.63) is 64.7 Å². The fourth-order valence-corrected chi connectivity index (χ4v) is 3.97. The SMILES string of the molecule is Cc1nnnn1-c1ccc(F)c(NC(=O)C2(c3ccc(Cl)cc3)CCCC2)c1. The topological polar surface area (TPSA) is 72.7 Å². The number of rotatable bonds is 4. The highest BCUT2D eigenvalue weighted by Gasteiger charge is 2.42. The van der Waals surface area contributed by atoms with E-state index < -0.39 is 11.2 Å². The Kier molecular flexibility index (Phi) is 4.85. The molecular weight excluding hydrogens is 381 g/mol. The molecule has 2 aromatic carbocycles. The lowest BCUT2D eigenvalue weighted by atomic mass is 9.78. The largest absolute Gasteiger partial charge is 0.323 e. The average molecular weight is 400 g/mol. The molecule has 8 heteroatoms. The Balaban J connectivity index is 1.67. The number of halogens is 2. The molecule has 0 radical (unpaired) electrons. The van der Waals surface area contributed by atoms with Crippen LogP contribution in [0.2, 0.25) is 5.02 Å². The number of amides is 1. The lowest BCUT2D eigenvalue weighted by molar-refractivity contribution is -0.121. The molecule has 1 aliphatic rings. The zero-order chi connectivity index (χ0) is 19.7. The van der Waals surface area contributed by atoms with Crippen LogP contribution in [-0.4, -0.2) is 26.1 Å². The molecule has 1 aromatic heterocycles. The minimum Gasteiger partial charge on any atom is -0.323 e. The maximum Gasteiger partial charge on any atom is 0.235 e. The Bertz CT molecular complexity index is 1010. The van der Waals surface area contributed by atoms with Crippen LogP contribution >= 0.6 is 11.6 Å². The molecule has 0 spiro atoms. The van der Waals surface area contributed by atoms with E-state index in [4.69, 9.17) is 11.6 Å². The van der Waals surface area contributed by atoms with Gasteiger partial charge in [-0.15, -0.1) is 5.10 Å². The Morgan fingerprint density at radius 3 is 2.54 bits per heavy atom. The van der Waals surface area contributed by atoms with E-state index in [-0.39, 0.29) is 11.6 Å². The van der Waals surface area contributed by atoms with Gasteiger partial charge in [-0.2, -0.15) is 4.68 Å². The first kappa shape index (κ1) is 18.6. The van der Waals surface area contributed by atoms with Gasteiger partial charge in [-0.05, 0) is 66.1 Å². The van der Waals surface area contributed by atoms with Crippen LogP contribution in [0.25, 0.3) is 5.69 Å². The minimum absolute atomic E-state index is 0.109. The predicted molar refractivity (Wildman–Crippen MR) is 104 cm³/mol. The van der Waals surface area contributed by atoms with Gasteiger partial charge in [0.05, 0.1) is 16.8 Å². The molecule has 1 N–H and O–H groups in total. The van der Waals surface area contributed by atoms with Crippen LogP contribution in [0.1, 0.15) is 37.1 Å². The third-order valence-corrected chi connectivity index (χ3v) is 5.61. The summed E-state index contributed by atoms with van der Waals surface area (Å²) in [6.07, 6.45) is 3.33. The number of tetrazole rings is 1. The number of nitrogens with one attached hydrogen (secondary N) is 1. The minimum atomic E-state index is -0.683. The number of hydrogen-bond acceptors (Lipinski definition) is 4. The number of anilines is 1. The zero-order valence-electron chi connectivity index (χ0n) is 15.3. The Morgan fingerprint density at radius 1 is 1.18 bits per heavy atom. The second-order valence-corrected chi connectivity index (χ2v) is 7.49. The summed E-state index contributed by atoms with van der Waals surface area (Å²) in [6.45, 7) is 1.75. The van der Waals surface area contributed by atoms with Crippen LogP contribution in [0.5, 0.6) is 0 Å². The summed E-state index contributed by atoms with van der Waals surface area (Å²) < 4.78 is 15.9. The lowest BCUT2D eigenvalue weighted by Gasteiger charge is -2.28. The normalized spacial score (nSPS) is 15.5. The van der Waals surface area contributed by atoms with Gasteiger partial charge in [0.2, 0.25) is 5.91 Å². The van der Waals surface area contributed by atoms with Crippen LogP contribution in [0.3, 0.4) is 0 Å². The van der Waals surface area contributed by atoms with E-state index in [0.717, 1.165) is 18.4 Å². The van der Waals surface area contributed by atoms with Crippen molar-refractivity contribution >= 4 is 23.2 Å². The van der Waals surface area contributed by atoms with Gasteiger partial charge in [0.25, 0.3) is 0 Å². The first-order valence-corrected chi connectivity index (χ1v) is 9.50. The molecule has 0 bridgehead atoms. The number of aromatic nitrogens is 4. The first-order chi connectivity index (χ1) is 13.5. The smallest absolute Gasteiger partial charge is 0.235 e. The summed E-state index contributed by atoms with van der Waals surface area (Å²) in [7, 11) is 0. The molecule has 6 nitrogen and oxygen atoms in total. The van der Waals surface area contributed by atoms with Crippen molar-refractivity contribution in [2.24, 2.45) is 0 Å². The number of hydrogen-bond donors (Lipinski definition) is 1. The van der Waals surface area contributed by atoms with Gasteiger partial charge in [-0.3, -0.25) is 4.79 Å². The molecule has 3 aromatic rings. The van der Waals surface area contributed by atoms with E-state index in [0.29, 0.717) is 29.4 Å². The van der Waals surface area contributed by atoms with Gasteiger partial charge in [0, 0.05) is 5.02 Å². The summed E-state index contributed by atoms with van der Waals surface area (Å²) >= 11 is 6.00. The maximum absolute atomic E-state index is 14.4. The highest BCUT2D eigenvalue weighted by atomic mass is 35.5. The van der Waals surface area contributed by atoms with Crippen molar-refractivity contribution < 1.29 is 9.18 Å². The third kappa shape index (κ3) is 3.26. The van der Waals surface area contributed by atoms with Crippen molar-refractivity contribution in [1.82, 2.24) is 20.2 Å². The van der Waals surface area contributed by atoms with Crippen LogP contribution in [0.4, 0.5) is 10.1 Å². The van der Waals surface area contributed by atoms with Gasteiger partial charge in [-0.25, -0.2) is 4.39 Å². The molecule has 0 saturated heterocycles. The molecule has 1 saturated carbocycles. The molecule has 0 unspecified atom stereocenters. The number of carbonyl (C=O) groups is 1. The van der Waals surface area contributed by atoms with E-state index in [1.54, 1.807) is 31.2 Å². The van der Waals surface area contributed by atoms with Crippen molar-refractivity contribution in [2.75, 3.05) is 5.32 Å². The average Bonchev–Trinajstić information content (AvgIpc) is 3.34. The Labute approximate surface area is 166 Å². The predicted octanol–water partition coefficient (Wildman–Crippen LogP) is 4.21. The van der Waals surface area contributed by atoms with Crippen LogP contribution in [0, 0.1) is 12.7 Å². The highest BCUT2D eigenvalue weighted by molar-refractivity contribution is 6.30. The molecule has 4 rings (SSSR count). The first-order valence-electron chi connectivity index (χ1n) is 9.12. The summed E-state index contributed by atoms with van der Waals surface area (Å²) in [5, 5.41) is 14.7. The molecule has 1 fully saturated rings. The van der Waals surface area contributed by atoms with Crippen molar-refractivity contribution in [2.45, 2.75) is 38.0 Å². The summed E-state index contributed by atoms with van der Waals surface area (Å²) in [6, 6.07) is 11.7. The van der Waals surface area contributed by atoms with Crippen molar-refractivity contribution in [3.63, 3.8) is 0 Å². The standard InChI is InChI=1S/C20H19ClFN5O/c1-13-24-25-26-27(13)16-8-9-17(22)18(12-16)23-19(28)20(10-2-3-11-20)14-4-6-15(21)7-5-14/h4-9,12H,2-3,10-11H2,1H3,(H,23,28). The van der Waals surface area contributed by atoms with Crippen LogP contribution in [0.15, 0.2) is 42.5 Å². The molecule has 1 heterocycles. The van der Waals surface area contributed by atoms with Gasteiger partial charge in [-0.1, -0.05) is 36.6 Å². The van der Waals surface area contributed by atoms with Crippen molar-refractivity contribution in [1.29, 1.82) is 0 Å². The lowest BCUT2D eigenvalue weighted by Crippen LogP contribution is -2.38. The number of benzene rings is 2. The molecule has 28 heavy (non-hydrogen) atoms. The van der Waals surface area contributed by atoms with Crippen LogP contribution < -0.4 is 5.32 Å². The van der Waals surface area contributed by atoms with Crippen LogP contribution in [-0.2, 0) is 10.2 Å². The third-order valence-electron chi connectivity index (χ3n) is 5.36. The monoisotopic (exact) mass is 399 g/mol. The van der Waals surface area contributed by atoms with Crippen molar-refractivity contribution in [3.8, 4) is 5.69 Å². The Morgan fingerprint density at radius 2 is 1.89 bits per heavy atom. The summed E-state index contributed by atoms with van der Waals surface area (Å²) in [4.78, 5) is 13.3. The van der Waals surface area contributed by atoms with E-state index >= 15 is 0 Å².